The zero-order chi connectivity index (χ0) is 8.32. The number of aliphatic hydroxyl groups is 2. The van der Waals surface area contributed by atoms with E-state index >= 15 is 0 Å². The lowest BCUT2D eigenvalue weighted by Crippen LogP contribution is -2.50. The number of hydrogen-bond acceptors (Lipinski definition) is 3. The predicted molar refractivity (Wildman–Crippen MR) is 42.8 cm³/mol. The molecule has 3 nitrogen and oxygen atoms in total. The van der Waals surface area contributed by atoms with Crippen molar-refractivity contribution in [1.82, 2.24) is 0 Å². The molecule has 0 aromatic heterocycles. The summed E-state index contributed by atoms with van der Waals surface area (Å²) in [4.78, 5) is 0. The first-order valence-electron chi connectivity index (χ1n) is 3.97. The molecule has 1 aliphatic rings. The topological polar surface area (TPSA) is 66.5 Å². The summed E-state index contributed by atoms with van der Waals surface area (Å²) in [5, 5.41) is 18.8. The summed E-state index contributed by atoms with van der Waals surface area (Å²) in [7, 11) is 0. The maximum atomic E-state index is 9.44. The Hall–Kier alpha value is -0.380. The van der Waals surface area contributed by atoms with Crippen LogP contribution in [0.25, 0.3) is 0 Å². The van der Waals surface area contributed by atoms with E-state index in [-0.39, 0.29) is 0 Å². The van der Waals surface area contributed by atoms with Crippen molar-refractivity contribution < 1.29 is 10.2 Å². The fourth-order valence-electron chi connectivity index (χ4n) is 1.22. The minimum atomic E-state index is -1.38. The summed E-state index contributed by atoms with van der Waals surface area (Å²) in [5.74, 6) is 0. The number of allylic oxidation sites excluding steroid dienone is 2. The lowest BCUT2D eigenvalue weighted by molar-refractivity contribution is -0.0789. The Morgan fingerprint density at radius 1 is 1.36 bits per heavy atom. The van der Waals surface area contributed by atoms with E-state index in [4.69, 9.17) is 5.73 Å². The number of aliphatic hydroxyl groups excluding tert-OH is 1. The van der Waals surface area contributed by atoms with Gasteiger partial charge in [0.25, 0.3) is 0 Å². The van der Waals surface area contributed by atoms with E-state index in [2.05, 4.69) is 0 Å². The minimum Gasteiger partial charge on any atom is -0.389 e. The third kappa shape index (κ3) is 2.29. The maximum Gasteiger partial charge on any atom is 0.139 e. The van der Waals surface area contributed by atoms with Crippen LogP contribution in [-0.4, -0.2) is 22.0 Å². The van der Waals surface area contributed by atoms with E-state index in [9.17, 15) is 10.2 Å². The minimum absolute atomic E-state index is 0.435. The van der Waals surface area contributed by atoms with Crippen LogP contribution >= 0.6 is 0 Å². The fraction of sp³-hybridized carbons (Fsp3) is 0.750. The lowest BCUT2D eigenvalue weighted by atomic mass is 9.95. The Kier molecular flexibility index (Phi) is 2.65. The van der Waals surface area contributed by atoms with Gasteiger partial charge in [-0.1, -0.05) is 12.2 Å². The Morgan fingerprint density at radius 3 is 2.73 bits per heavy atom. The van der Waals surface area contributed by atoms with Crippen LogP contribution in [0.4, 0.5) is 0 Å². The van der Waals surface area contributed by atoms with Crippen LogP contribution in [0.1, 0.15) is 25.7 Å². The highest BCUT2D eigenvalue weighted by Crippen LogP contribution is 2.18. The summed E-state index contributed by atoms with van der Waals surface area (Å²) in [6.07, 6.45) is 5.73. The molecule has 0 aromatic carbocycles. The van der Waals surface area contributed by atoms with Gasteiger partial charge in [0.15, 0.2) is 0 Å². The van der Waals surface area contributed by atoms with Gasteiger partial charge < -0.3 is 15.9 Å². The van der Waals surface area contributed by atoms with Crippen molar-refractivity contribution in [2.75, 3.05) is 0 Å². The van der Waals surface area contributed by atoms with Crippen LogP contribution in [0.2, 0.25) is 0 Å². The van der Waals surface area contributed by atoms with Crippen molar-refractivity contribution in [3.63, 3.8) is 0 Å². The average molecular weight is 157 g/mol. The van der Waals surface area contributed by atoms with Gasteiger partial charge in [-0.3, -0.25) is 0 Å². The highest BCUT2D eigenvalue weighted by atomic mass is 16.4. The monoisotopic (exact) mass is 157 g/mol. The van der Waals surface area contributed by atoms with E-state index < -0.39 is 11.8 Å². The highest BCUT2D eigenvalue weighted by Gasteiger charge is 2.29. The second-order valence-corrected chi connectivity index (χ2v) is 3.09. The standard InChI is InChI=1S/C8H15NO2/c9-8(11)6-4-2-1-3-5-7(8)10/h1-2,7,10-11H,3-6,9H2. The van der Waals surface area contributed by atoms with Crippen LogP contribution in [0, 0.1) is 0 Å². The van der Waals surface area contributed by atoms with Gasteiger partial charge in [-0.05, 0) is 25.7 Å². The van der Waals surface area contributed by atoms with Gasteiger partial charge in [0.2, 0.25) is 0 Å². The molecule has 0 radical (unpaired) electrons. The summed E-state index contributed by atoms with van der Waals surface area (Å²) >= 11 is 0. The smallest absolute Gasteiger partial charge is 0.139 e. The second-order valence-electron chi connectivity index (χ2n) is 3.09. The maximum absolute atomic E-state index is 9.44. The van der Waals surface area contributed by atoms with Crippen molar-refractivity contribution in [1.29, 1.82) is 0 Å². The first-order chi connectivity index (χ1) is 5.13. The molecule has 0 spiro atoms. The van der Waals surface area contributed by atoms with Gasteiger partial charge in [-0.2, -0.15) is 0 Å². The Labute approximate surface area is 66.5 Å². The van der Waals surface area contributed by atoms with E-state index in [0.717, 1.165) is 12.8 Å². The first kappa shape index (κ1) is 8.71. The molecule has 2 atom stereocenters. The van der Waals surface area contributed by atoms with Crippen LogP contribution in [0.3, 0.4) is 0 Å². The van der Waals surface area contributed by atoms with Crippen LogP contribution in [0.15, 0.2) is 12.2 Å². The fourth-order valence-corrected chi connectivity index (χ4v) is 1.22. The van der Waals surface area contributed by atoms with Crippen molar-refractivity contribution in [2.45, 2.75) is 37.5 Å². The van der Waals surface area contributed by atoms with Gasteiger partial charge in [-0.25, -0.2) is 0 Å². The Morgan fingerprint density at radius 2 is 2.00 bits per heavy atom. The second kappa shape index (κ2) is 3.34. The molecular weight excluding hydrogens is 142 g/mol. The summed E-state index contributed by atoms with van der Waals surface area (Å²) in [6, 6.07) is 0. The van der Waals surface area contributed by atoms with Gasteiger partial charge in [0.1, 0.15) is 5.72 Å². The van der Waals surface area contributed by atoms with Crippen molar-refractivity contribution in [2.24, 2.45) is 5.73 Å². The Bertz CT molecular complexity index is 154. The lowest BCUT2D eigenvalue weighted by Gasteiger charge is -2.29. The molecule has 0 amide bonds. The molecule has 0 aliphatic heterocycles. The molecule has 11 heavy (non-hydrogen) atoms. The zero-order valence-electron chi connectivity index (χ0n) is 6.53. The molecule has 0 saturated carbocycles. The van der Waals surface area contributed by atoms with E-state index in [1.165, 1.54) is 0 Å². The molecule has 1 rings (SSSR count). The van der Waals surface area contributed by atoms with Crippen LogP contribution < -0.4 is 5.73 Å². The van der Waals surface area contributed by atoms with Crippen LogP contribution in [0.5, 0.6) is 0 Å². The summed E-state index contributed by atoms with van der Waals surface area (Å²) < 4.78 is 0. The molecule has 2 unspecified atom stereocenters. The molecule has 64 valence electrons. The highest BCUT2D eigenvalue weighted by molar-refractivity contribution is 4.92. The third-order valence-corrected chi connectivity index (χ3v) is 2.06. The van der Waals surface area contributed by atoms with Crippen molar-refractivity contribution in [3.05, 3.63) is 12.2 Å². The van der Waals surface area contributed by atoms with Gasteiger partial charge in [-0.15, -0.1) is 0 Å². The zero-order valence-corrected chi connectivity index (χ0v) is 6.53. The van der Waals surface area contributed by atoms with E-state index in [1.807, 2.05) is 12.2 Å². The predicted octanol–water partition coefficient (Wildman–Crippen LogP) is 0.125. The van der Waals surface area contributed by atoms with E-state index in [0.29, 0.717) is 12.8 Å². The van der Waals surface area contributed by atoms with Crippen molar-refractivity contribution in [3.8, 4) is 0 Å². The average Bonchev–Trinajstić information content (AvgIpc) is 1.93. The molecule has 0 saturated heterocycles. The number of nitrogens with two attached hydrogens (primary N) is 1. The molecular formula is C8H15NO2. The molecule has 0 aromatic rings. The van der Waals surface area contributed by atoms with Gasteiger partial charge >= 0.3 is 0 Å². The SMILES string of the molecule is NC1(O)CCC=CCCC1O. The summed E-state index contributed by atoms with van der Waals surface area (Å²) in [5.41, 5.74) is 4.08. The molecule has 0 bridgehead atoms. The number of rotatable bonds is 0. The molecule has 3 heteroatoms. The molecule has 0 heterocycles. The normalized spacial score (nSPS) is 39.7. The van der Waals surface area contributed by atoms with Gasteiger partial charge in [0, 0.05) is 0 Å². The molecule has 0 fully saturated rings. The van der Waals surface area contributed by atoms with Gasteiger partial charge in [0.05, 0.1) is 6.10 Å². The molecule has 1 aliphatic carbocycles. The summed E-state index contributed by atoms with van der Waals surface area (Å²) in [6.45, 7) is 0. The van der Waals surface area contributed by atoms with E-state index in [1.54, 1.807) is 0 Å². The largest absolute Gasteiger partial charge is 0.389 e. The first-order valence-corrected chi connectivity index (χ1v) is 3.97. The van der Waals surface area contributed by atoms with Crippen LogP contribution in [-0.2, 0) is 0 Å². The Balaban J connectivity index is 2.58. The third-order valence-electron chi connectivity index (χ3n) is 2.06. The van der Waals surface area contributed by atoms with Crippen molar-refractivity contribution >= 4 is 0 Å². The number of hydrogen-bond donors (Lipinski definition) is 3. The molecule has 4 N–H and O–H groups in total. The quantitative estimate of drug-likeness (QED) is 0.346.